The van der Waals surface area contributed by atoms with Gasteiger partial charge in [0.15, 0.2) is 6.10 Å². The zero-order valence-corrected chi connectivity index (χ0v) is 15.7. The minimum absolute atomic E-state index is 0.231. The van der Waals surface area contributed by atoms with Crippen molar-refractivity contribution in [1.29, 1.82) is 0 Å². The SMILES string of the molecule is CC(NC(=O)[C@@H]1CCCN1C(=O)CNC(=O)NC(C)(C)C)C(O)C(N)=O. The number of aliphatic hydroxyl groups excluding tert-OH is 1. The van der Waals surface area contributed by atoms with Crippen LogP contribution < -0.4 is 21.7 Å². The monoisotopic (exact) mass is 371 g/mol. The van der Waals surface area contributed by atoms with Crippen LogP contribution in [0, 0.1) is 0 Å². The highest BCUT2D eigenvalue weighted by atomic mass is 16.3. The second-order valence-corrected chi connectivity index (χ2v) is 7.45. The number of hydrogen-bond donors (Lipinski definition) is 5. The predicted octanol–water partition coefficient (Wildman–Crippen LogP) is -1.57. The van der Waals surface area contributed by atoms with Crippen LogP contribution in [0.3, 0.4) is 0 Å². The molecule has 2 unspecified atom stereocenters. The smallest absolute Gasteiger partial charge is 0.315 e. The van der Waals surface area contributed by atoms with E-state index in [1.54, 1.807) is 0 Å². The first-order chi connectivity index (χ1) is 11.9. The molecule has 5 amide bonds. The minimum atomic E-state index is -1.51. The highest BCUT2D eigenvalue weighted by Crippen LogP contribution is 2.17. The molecule has 1 aliphatic heterocycles. The summed E-state index contributed by atoms with van der Waals surface area (Å²) in [5.41, 5.74) is 4.57. The zero-order valence-electron chi connectivity index (χ0n) is 15.7. The standard InChI is InChI=1S/C16H29N5O5/c1-9(12(23)13(17)24)19-14(25)10-6-5-7-21(10)11(22)8-18-15(26)20-16(2,3)4/h9-10,12,23H,5-8H2,1-4H3,(H2,17,24)(H,19,25)(H2,18,20,26)/t9?,10-,12?/m0/s1. The quantitative estimate of drug-likeness (QED) is 0.381. The molecule has 0 bridgehead atoms. The first-order valence-electron chi connectivity index (χ1n) is 8.55. The van der Waals surface area contributed by atoms with E-state index >= 15 is 0 Å². The molecule has 6 N–H and O–H groups in total. The molecule has 26 heavy (non-hydrogen) atoms. The van der Waals surface area contributed by atoms with Crippen molar-refractivity contribution in [2.75, 3.05) is 13.1 Å². The molecule has 0 saturated carbocycles. The van der Waals surface area contributed by atoms with Crippen molar-refractivity contribution in [2.45, 2.75) is 64.3 Å². The molecule has 0 aromatic heterocycles. The number of rotatable bonds is 6. The summed E-state index contributed by atoms with van der Waals surface area (Å²) >= 11 is 0. The number of urea groups is 1. The van der Waals surface area contributed by atoms with Crippen LogP contribution in [0.15, 0.2) is 0 Å². The Hall–Kier alpha value is -2.36. The molecule has 0 radical (unpaired) electrons. The second kappa shape index (κ2) is 8.84. The maximum Gasteiger partial charge on any atom is 0.315 e. The molecule has 1 aliphatic rings. The fourth-order valence-corrected chi connectivity index (χ4v) is 2.63. The summed E-state index contributed by atoms with van der Waals surface area (Å²) in [6.07, 6.45) is -0.400. The van der Waals surface area contributed by atoms with E-state index in [1.165, 1.54) is 11.8 Å². The van der Waals surface area contributed by atoms with Gasteiger partial charge in [0.1, 0.15) is 6.04 Å². The molecule has 1 saturated heterocycles. The van der Waals surface area contributed by atoms with Gasteiger partial charge in [-0.25, -0.2) is 4.79 Å². The average Bonchev–Trinajstić information content (AvgIpc) is 2.99. The summed E-state index contributed by atoms with van der Waals surface area (Å²) in [5.74, 6) is -1.79. The van der Waals surface area contributed by atoms with E-state index in [9.17, 15) is 24.3 Å². The first-order valence-corrected chi connectivity index (χ1v) is 8.55. The van der Waals surface area contributed by atoms with E-state index in [1.807, 2.05) is 20.8 Å². The van der Waals surface area contributed by atoms with Crippen LogP contribution in [0.25, 0.3) is 0 Å². The Morgan fingerprint density at radius 2 is 1.88 bits per heavy atom. The molecule has 0 aromatic carbocycles. The molecule has 1 heterocycles. The van der Waals surface area contributed by atoms with Crippen molar-refractivity contribution >= 4 is 23.8 Å². The fraction of sp³-hybridized carbons (Fsp3) is 0.750. The van der Waals surface area contributed by atoms with Crippen LogP contribution in [0.2, 0.25) is 0 Å². The Morgan fingerprint density at radius 3 is 2.42 bits per heavy atom. The Bertz CT molecular complexity index is 560. The lowest BCUT2D eigenvalue weighted by Crippen LogP contribution is -2.55. The Balaban J connectivity index is 2.58. The van der Waals surface area contributed by atoms with E-state index in [0.717, 1.165) is 0 Å². The van der Waals surface area contributed by atoms with Crippen LogP contribution >= 0.6 is 0 Å². The molecule has 0 spiro atoms. The average molecular weight is 371 g/mol. The maximum atomic E-state index is 12.4. The van der Waals surface area contributed by atoms with Gasteiger partial charge in [-0.05, 0) is 40.5 Å². The maximum absolute atomic E-state index is 12.4. The van der Waals surface area contributed by atoms with Crippen molar-refractivity contribution < 1.29 is 24.3 Å². The van der Waals surface area contributed by atoms with Crippen molar-refractivity contribution in [3.63, 3.8) is 0 Å². The van der Waals surface area contributed by atoms with Gasteiger partial charge in [-0.3, -0.25) is 14.4 Å². The largest absolute Gasteiger partial charge is 0.381 e. The molecule has 0 aromatic rings. The van der Waals surface area contributed by atoms with E-state index in [2.05, 4.69) is 16.0 Å². The predicted molar refractivity (Wildman–Crippen MR) is 93.8 cm³/mol. The molecule has 148 valence electrons. The van der Waals surface area contributed by atoms with Crippen LogP contribution in [-0.4, -0.2) is 70.6 Å². The number of likely N-dealkylation sites (tertiary alicyclic amines) is 1. The van der Waals surface area contributed by atoms with Gasteiger partial charge in [-0.1, -0.05) is 0 Å². The summed E-state index contributed by atoms with van der Waals surface area (Å²) in [5, 5.41) is 17.2. The third-order valence-corrected chi connectivity index (χ3v) is 3.90. The van der Waals surface area contributed by atoms with E-state index in [0.29, 0.717) is 19.4 Å². The van der Waals surface area contributed by atoms with Gasteiger partial charge in [0.05, 0.1) is 12.6 Å². The number of hydrogen-bond acceptors (Lipinski definition) is 5. The van der Waals surface area contributed by atoms with Crippen LogP contribution in [0.1, 0.15) is 40.5 Å². The molecule has 10 heteroatoms. The van der Waals surface area contributed by atoms with Crippen molar-refractivity contribution in [2.24, 2.45) is 5.73 Å². The Morgan fingerprint density at radius 1 is 1.27 bits per heavy atom. The molecular formula is C16H29N5O5. The van der Waals surface area contributed by atoms with E-state index in [-0.39, 0.29) is 12.5 Å². The van der Waals surface area contributed by atoms with Gasteiger partial charge in [0, 0.05) is 12.1 Å². The first kappa shape index (κ1) is 21.7. The van der Waals surface area contributed by atoms with Gasteiger partial charge >= 0.3 is 6.03 Å². The topological polar surface area (TPSA) is 154 Å². The summed E-state index contributed by atoms with van der Waals surface area (Å²) in [6.45, 7) is 7.06. The highest BCUT2D eigenvalue weighted by molar-refractivity contribution is 5.91. The lowest BCUT2D eigenvalue weighted by molar-refractivity contribution is -0.139. The van der Waals surface area contributed by atoms with Gasteiger partial charge in [0.25, 0.3) is 0 Å². The van der Waals surface area contributed by atoms with Crippen LogP contribution in [0.4, 0.5) is 4.79 Å². The Kier molecular flexibility index (Phi) is 7.37. The van der Waals surface area contributed by atoms with Crippen molar-refractivity contribution in [3.8, 4) is 0 Å². The van der Waals surface area contributed by atoms with Crippen LogP contribution in [0.5, 0.6) is 0 Å². The zero-order chi connectivity index (χ0) is 20.1. The molecule has 3 atom stereocenters. The number of aliphatic hydroxyl groups is 1. The van der Waals surface area contributed by atoms with Crippen molar-refractivity contribution in [3.05, 3.63) is 0 Å². The van der Waals surface area contributed by atoms with Gasteiger partial charge in [-0.2, -0.15) is 0 Å². The lowest BCUT2D eigenvalue weighted by atomic mass is 10.1. The second-order valence-electron chi connectivity index (χ2n) is 7.45. The summed E-state index contributed by atoms with van der Waals surface area (Å²) < 4.78 is 0. The number of carbonyl (C=O) groups is 4. The number of carbonyl (C=O) groups excluding carboxylic acids is 4. The normalized spacial score (nSPS) is 19.4. The number of nitrogens with zero attached hydrogens (tertiary/aromatic N) is 1. The van der Waals surface area contributed by atoms with E-state index in [4.69, 9.17) is 5.73 Å². The highest BCUT2D eigenvalue weighted by Gasteiger charge is 2.35. The summed E-state index contributed by atoms with van der Waals surface area (Å²) in [6, 6.07) is -2.05. The van der Waals surface area contributed by atoms with Gasteiger partial charge in [0.2, 0.25) is 17.7 Å². The molecule has 1 fully saturated rings. The minimum Gasteiger partial charge on any atom is -0.381 e. The van der Waals surface area contributed by atoms with E-state index < -0.39 is 41.6 Å². The van der Waals surface area contributed by atoms with Crippen molar-refractivity contribution in [1.82, 2.24) is 20.9 Å². The molecule has 1 rings (SSSR count). The molecule has 10 nitrogen and oxygen atoms in total. The van der Waals surface area contributed by atoms with Gasteiger partial charge < -0.3 is 31.7 Å². The fourth-order valence-electron chi connectivity index (χ4n) is 2.63. The van der Waals surface area contributed by atoms with Gasteiger partial charge in [-0.15, -0.1) is 0 Å². The number of amides is 5. The van der Waals surface area contributed by atoms with Crippen LogP contribution in [-0.2, 0) is 14.4 Å². The summed E-state index contributed by atoms with van der Waals surface area (Å²) in [4.78, 5) is 48.8. The number of nitrogens with two attached hydrogens (primary N) is 1. The third kappa shape index (κ3) is 6.51. The Labute approximate surface area is 152 Å². The number of primary amides is 1. The molecule has 0 aliphatic carbocycles. The third-order valence-electron chi connectivity index (χ3n) is 3.90. The lowest BCUT2D eigenvalue weighted by Gasteiger charge is -2.27. The number of nitrogens with one attached hydrogen (secondary N) is 3. The molecular weight excluding hydrogens is 342 g/mol. The summed E-state index contributed by atoms with van der Waals surface area (Å²) in [7, 11) is 0.